The van der Waals surface area contributed by atoms with Crippen molar-refractivity contribution in [2.24, 2.45) is 0 Å². The Hall–Kier alpha value is -1.48. The van der Waals surface area contributed by atoms with E-state index in [1.165, 1.54) is 0 Å². The summed E-state index contributed by atoms with van der Waals surface area (Å²) in [5, 5.41) is 8.91. The molecule has 0 fully saturated rings. The van der Waals surface area contributed by atoms with Crippen LogP contribution in [-0.4, -0.2) is 17.7 Å². The predicted octanol–water partition coefficient (Wildman–Crippen LogP) is 2.75. The molecule has 80 valence electrons. The number of rotatable bonds is 5. The maximum Gasteiger partial charge on any atom is 0.307 e. The third-order valence-electron chi connectivity index (χ3n) is 1.63. The monoisotopic (exact) mass is 226 g/mol. The van der Waals surface area contributed by atoms with Crippen LogP contribution in [0.4, 0.5) is 0 Å². The molecule has 1 aromatic carbocycles. The van der Waals surface area contributed by atoms with Crippen molar-refractivity contribution in [3.63, 3.8) is 0 Å². The number of hydrogen-bond acceptors (Lipinski definition) is 2. The van der Waals surface area contributed by atoms with Crippen LogP contribution in [0, 0.1) is 0 Å². The summed E-state index contributed by atoms with van der Waals surface area (Å²) in [6.45, 7) is 0.316. The van der Waals surface area contributed by atoms with Gasteiger partial charge < -0.3 is 9.84 Å². The molecule has 0 atom stereocenters. The van der Waals surface area contributed by atoms with Crippen molar-refractivity contribution >= 4 is 17.6 Å². The molecule has 0 aliphatic carbocycles. The molecule has 1 N–H and O–H groups in total. The number of ether oxygens (including phenoxy) is 1. The Morgan fingerprint density at radius 2 is 2.13 bits per heavy atom. The Balaban J connectivity index is 2.35. The average Bonchev–Trinajstić information content (AvgIpc) is 2.20. The molecule has 0 saturated heterocycles. The van der Waals surface area contributed by atoms with E-state index in [0.717, 1.165) is 0 Å². The fourth-order valence-corrected chi connectivity index (χ4v) is 1.14. The van der Waals surface area contributed by atoms with Crippen LogP contribution in [-0.2, 0) is 4.79 Å². The third kappa shape index (κ3) is 4.51. The normalized spacial score (nSPS) is 10.5. The molecule has 15 heavy (non-hydrogen) atoms. The van der Waals surface area contributed by atoms with Crippen LogP contribution in [0.15, 0.2) is 36.4 Å². The largest absolute Gasteiger partial charge is 0.488 e. The molecular weight excluding hydrogens is 216 g/mol. The molecule has 0 aliphatic heterocycles. The minimum Gasteiger partial charge on any atom is -0.488 e. The lowest BCUT2D eigenvalue weighted by Crippen LogP contribution is -1.95. The van der Waals surface area contributed by atoms with Crippen LogP contribution in [0.2, 0.25) is 5.02 Å². The van der Waals surface area contributed by atoms with Gasteiger partial charge in [0, 0.05) is 0 Å². The van der Waals surface area contributed by atoms with Gasteiger partial charge in [0.1, 0.15) is 12.4 Å². The summed E-state index contributed by atoms with van der Waals surface area (Å²) in [6.07, 6.45) is 3.20. The Morgan fingerprint density at radius 3 is 2.80 bits per heavy atom. The van der Waals surface area contributed by atoms with Gasteiger partial charge in [0.05, 0.1) is 11.4 Å². The van der Waals surface area contributed by atoms with E-state index in [-0.39, 0.29) is 6.42 Å². The molecule has 0 amide bonds. The van der Waals surface area contributed by atoms with Gasteiger partial charge in [-0.3, -0.25) is 4.79 Å². The van der Waals surface area contributed by atoms with Crippen LogP contribution in [0.5, 0.6) is 5.75 Å². The van der Waals surface area contributed by atoms with E-state index in [0.29, 0.717) is 17.4 Å². The molecule has 0 spiro atoms. The summed E-state index contributed by atoms with van der Waals surface area (Å²) < 4.78 is 5.31. The standard InChI is InChI=1S/C11H11ClO3/c12-9-5-1-2-6-10(9)15-8-4-3-7-11(13)14/h1-6H,7-8H2,(H,13,14)/b4-3+. The van der Waals surface area contributed by atoms with Gasteiger partial charge in [-0.15, -0.1) is 0 Å². The minimum atomic E-state index is -0.857. The van der Waals surface area contributed by atoms with Gasteiger partial charge in [-0.1, -0.05) is 35.9 Å². The SMILES string of the molecule is O=C(O)C/C=C/COc1ccccc1Cl. The van der Waals surface area contributed by atoms with Gasteiger partial charge in [0.25, 0.3) is 0 Å². The van der Waals surface area contributed by atoms with Gasteiger partial charge in [0.15, 0.2) is 0 Å². The Morgan fingerprint density at radius 1 is 1.40 bits per heavy atom. The van der Waals surface area contributed by atoms with Crippen molar-refractivity contribution in [3.8, 4) is 5.75 Å². The first-order valence-electron chi connectivity index (χ1n) is 4.44. The molecule has 0 heterocycles. The summed E-state index contributed by atoms with van der Waals surface area (Å²) in [6, 6.07) is 7.13. The van der Waals surface area contributed by atoms with Gasteiger partial charge in [-0.25, -0.2) is 0 Å². The van der Waals surface area contributed by atoms with Crippen LogP contribution in [0.25, 0.3) is 0 Å². The number of carboxylic acids is 1. The summed E-state index contributed by atoms with van der Waals surface area (Å²) in [5.41, 5.74) is 0. The lowest BCUT2D eigenvalue weighted by Gasteiger charge is -2.03. The zero-order valence-electron chi connectivity index (χ0n) is 8.02. The summed E-state index contributed by atoms with van der Waals surface area (Å²) in [4.78, 5) is 10.2. The van der Waals surface area contributed by atoms with E-state index in [1.807, 2.05) is 12.1 Å². The highest BCUT2D eigenvalue weighted by Crippen LogP contribution is 2.22. The first-order valence-corrected chi connectivity index (χ1v) is 4.82. The molecule has 4 heteroatoms. The maximum absolute atomic E-state index is 10.2. The number of hydrogen-bond donors (Lipinski definition) is 1. The molecule has 0 bridgehead atoms. The first kappa shape index (κ1) is 11.6. The molecule has 1 rings (SSSR count). The van der Waals surface area contributed by atoms with Crippen molar-refractivity contribution in [2.45, 2.75) is 6.42 Å². The second-order valence-corrected chi connectivity index (χ2v) is 3.22. The van der Waals surface area contributed by atoms with E-state index in [2.05, 4.69) is 0 Å². The lowest BCUT2D eigenvalue weighted by molar-refractivity contribution is -0.136. The van der Waals surface area contributed by atoms with E-state index < -0.39 is 5.97 Å². The van der Waals surface area contributed by atoms with Crippen molar-refractivity contribution in [3.05, 3.63) is 41.4 Å². The van der Waals surface area contributed by atoms with Crippen molar-refractivity contribution in [1.29, 1.82) is 0 Å². The first-order chi connectivity index (χ1) is 7.20. The summed E-state index contributed by atoms with van der Waals surface area (Å²) in [5.74, 6) is -0.261. The minimum absolute atomic E-state index is 0.00584. The summed E-state index contributed by atoms with van der Waals surface area (Å²) >= 11 is 5.84. The third-order valence-corrected chi connectivity index (χ3v) is 1.94. The predicted molar refractivity (Wildman–Crippen MR) is 58.3 cm³/mol. The molecule has 0 aliphatic rings. The number of benzene rings is 1. The van der Waals surface area contributed by atoms with E-state index >= 15 is 0 Å². The highest BCUT2D eigenvalue weighted by molar-refractivity contribution is 6.32. The molecule has 0 radical (unpaired) electrons. The molecule has 0 unspecified atom stereocenters. The number of halogens is 1. The zero-order valence-corrected chi connectivity index (χ0v) is 8.78. The number of carboxylic acid groups (broad SMARTS) is 1. The van der Waals surface area contributed by atoms with E-state index in [9.17, 15) is 4.79 Å². The molecule has 0 saturated carbocycles. The second kappa shape index (κ2) is 6.09. The van der Waals surface area contributed by atoms with Crippen molar-refractivity contribution < 1.29 is 14.6 Å². The van der Waals surface area contributed by atoms with Crippen molar-refractivity contribution in [2.75, 3.05) is 6.61 Å². The van der Waals surface area contributed by atoms with E-state index in [4.69, 9.17) is 21.4 Å². The fourth-order valence-electron chi connectivity index (χ4n) is 0.952. The quantitative estimate of drug-likeness (QED) is 0.786. The Kier molecular flexibility index (Phi) is 4.71. The van der Waals surface area contributed by atoms with Gasteiger partial charge >= 0.3 is 5.97 Å². The molecular formula is C11H11ClO3. The van der Waals surface area contributed by atoms with Gasteiger partial charge in [-0.05, 0) is 12.1 Å². The van der Waals surface area contributed by atoms with E-state index in [1.54, 1.807) is 24.3 Å². The highest BCUT2D eigenvalue weighted by Gasteiger charge is 1.97. The van der Waals surface area contributed by atoms with Crippen LogP contribution >= 0.6 is 11.6 Å². The number of carbonyl (C=O) groups is 1. The summed E-state index contributed by atoms with van der Waals surface area (Å²) in [7, 11) is 0. The molecule has 1 aromatic rings. The fraction of sp³-hybridized carbons (Fsp3) is 0.182. The Labute approximate surface area is 92.9 Å². The second-order valence-electron chi connectivity index (χ2n) is 2.81. The number of para-hydroxylation sites is 1. The maximum atomic E-state index is 10.2. The van der Waals surface area contributed by atoms with Crippen LogP contribution in [0.3, 0.4) is 0 Å². The lowest BCUT2D eigenvalue weighted by atomic mass is 10.3. The number of aliphatic carboxylic acids is 1. The van der Waals surface area contributed by atoms with Crippen molar-refractivity contribution in [1.82, 2.24) is 0 Å². The van der Waals surface area contributed by atoms with Crippen LogP contribution in [0.1, 0.15) is 6.42 Å². The smallest absolute Gasteiger partial charge is 0.307 e. The highest BCUT2D eigenvalue weighted by atomic mass is 35.5. The topological polar surface area (TPSA) is 46.5 Å². The molecule has 0 aromatic heterocycles. The average molecular weight is 227 g/mol. The molecule has 3 nitrogen and oxygen atoms in total. The Bertz CT molecular complexity index is 361. The van der Waals surface area contributed by atoms with Crippen LogP contribution < -0.4 is 4.74 Å². The van der Waals surface area contributed by atoms with Gasteiger partial charge in [0.2, 0.25) is 0 Å². The zero-order chi connectivity index (χ0) is 11.1. The van der Waals surface area contributed by atoms with Gasteiger partial charge in [-0.2, -0.15) is 0 Å².